The Kier molecular flexibility index (Phi) is 5.41. The summed E-state index contributed by atoms with van der Waals surface area (Å²) in [7, 11) is 0. The predicted octanol–water partition coefficient (Wildman–Crippen LogP) is 11.0. The fourth-order valence-corrected chi connectivity index (χ4v) is 8.20. The van der Waals surface area contributed by atoms with Gasteiger partial charge in [0, 0.05) is 52.8 Å². The molecule has 5 heteroatoms. The normalized spacial score (nSPS) is 11.9. The maximum Gasteiger partial charge on any atom is 0.238 e. The molecule has 214 valence electrons. The molecule has 0 radical (unpaired) electrons. The Hall–Kier alpha value is -5.91. The molecule has 46 heavy (non-hydrogen) atoms. The van der Waals surface area contributed by atoms with Crippen LogP contribution < -0.4 is 0 Å². The Balaban J connectivity index is 1.32. The summed E-state index contributed by atoms with van der Waals surface area (Å²) in [5, 5.41) is 9.90. The molecule has 10 aromatic rings. The SMILES string of the molecule is c1ccc(-c2nc(-c3ccccc3)nc(-n3c4ccccc4c4ccc5c6ccc7c8ccccc8sc7c6ccc5c43)n2)cc1. The first-order chi connectivity index (χ1) is 22.8. The molecule has 4 nitrogen and oxygen atoms in total. The number of hydrogen-bond donors (Lipinski definition) is 0. The van der Waals surface area contributed by atoms with Gasteiger partial charge in [0.2, 0.25) is 5.95 Å². The molecule has 0 N–H and O–H groups in total. The van der Waals surface area contributed by atoms with E-state index in [1.807, 2.05) is 47.7 Å². The number of fused-ring (bicyclic) bond motifs is 11. The number of benzene rings is 7. The second-order valence-corrected chi connectivity index (χ2v) is 12.7. The summed E-state index contributed by atoms with van der Waals surface area (Å²) >= 11 is 1.87. The molecular weight excluding hydrogens is 581 g/mol. The average Bonchev–Trinajstić information content (AvgIpc) is 3.68. The zero-order valence-corrected chi connectivity index (χ0v) is 25.4. The molecule has 0 fully saturated rings. The van der Waals surface area contributed by atoms with E-state index in [0.29, 0.717) is 17.6 Å². The fourth-order valence-electron chi connectivity index (χ4n) is 6.97. The van der Waals surface area contributed by atoms with Crippen molar-refractivity contribution in [2.75, 3.05) is 0 Å². The second-order valence-electron chi connectivity index (χ2n) is 11.6. The van der Waals surface area contributed by atoms with Gasteiger partial charge in [-0.3, -0.25) is 4.57 Å². The molecule has 0 unspecified atom stereocenters. The van der Waals surface area contributed by atoms with E-state index in [0.717, 1.165) is 22.2 Å². The lowest BCUT2D eigenvalue weighted by molar-refractivity contribution is 0.955. The third-order valence-corrected chi connectivity index (χ3v) is 10.3. The summed E-state index contributed by atoms with van der Waals surface area (Å²) in [6.07, 6.45) is 0. The quantitative estimate of drug-likeness (QED) is 0.188. The van der Waals surface area contributed by atoms with Crippen molar-refractivity contribution in [2.24, 2.45) is 0 Å². The number of rotatable bonds is 3. The molecule has 3 heterocycles. The molecule has 10 rings (SSSR count). The van der Waals surface area contributed by atoms with E-state index in [2.05, 4.69) is 114 Å². The number of hydrogen-bond acceptors (Lipinski definition) is 4. The van der Waals surface area contributed by atoms with Crippen LogP contribution in [0.1, 0.15) is 0 Å². The van der Waals surface area contributed by atoms with Gasteiger partial charge in [0.1, 0.15) is 0 Å². The van der Waals surface area contributed by atoms with Crippen LogP contribution in [0.2, 0.25) is 0 Å². The lowest BCUT2D eigenvalue weighted by Gasteiger charge is -2.12. The number of aromatic nitrogens is 4. The van der Waals surface area contributed by atoms with Crippen molar-refractivity contribution in [2.45, 2.75) is 0 Å². The second kappa shape index (κ2) is 9.80. The summed E-state index contributed by atoms with van der Waals surface area (Å²) in [5.41, 5.74) is 4.06. The minimum absolute atomic E-state index is 0.603. The minimum atomic E-state index is 0.603. The summed E-state index contributed by atoms with van der Waals surface area (Å²) in [6.45, 7) is 0. The summed E-state index contributed by atoms with van der Waals surface area (Å²) in [5.74, 6) is 1.90. The highest BCUT2D eigenvalue weighted by molar-refractivity contribution is 7.26. The van der Waals surface area contributed by atoms with Crippen molar-refractivity contribution < 1.29 is 0 Å². The van der Waals surface area contributed by atoms with Crippen molar-refractivity contribution in [3.8, 4) is 28.7 Å². The Morgan fingerprint density at radius 3 is 1.59 bits per heavy atom. The van der Waals surface area contributed by atoms with Crippen LogP contribution in [0, 0.1) is 0 Å². The number of nitrogens with zero attached hydrogens (tertiary/aromatic N) is 4. The monoisotopic (exact) mass is 604 g/mol. The Morgan fingerprint density at radius 1 is 0.391 bits per heavy atom. The molecule has 0 spiro atoms. The van der Waals surface area contributed by atoms with E-state index in [1.54, 1.807) is 0 Å². The molecule has 0 aliphatic carbocycles. The minimum Gasteiger partial charge on any atom is -0.277 e. The van der Waals surface area contributed by atoms with Gasteiger partial charge in [-0.2, -0.15) is 9.97 Å². The Bertz CT molecular complexity index is 2740. The largest absolute Gasteiger partial charge is 0.277 e. The van der Waals surface area contributed by atoms with Gasteiger partial charge in [0.15, 0.2) is 11.6 Å². The van der Waals surface area contributed by atoms with Gasteiger partial charge >= 0.3 is 0 Å². The first kappa shape index (κ1) is 25.4. The molecule has 7 aromatic carbocycles. The van der Waals surface area contributed by atoms with Crippen LogP contribution in [-0.2, 0) is 0 Å². The van der Waals surface area contributed by atoms with Gasteiger partial charge in [0.25, 0.3) is 0 Å². The molecule has 0 saturated carbocycles. The molecule has 0 aliphatic rings. The third kappa shape index (κ3) is 3.69. The van der Waals surface area contributed by atoms with E-state index in [1.165, 1.54) is 52.5 Å². The van der Waals surface area contributed by atoms with Gasteiger partial charge in [-0.15, -0.1) is 11.3 Å². The summed E-state index contributed by atoms with van der Waals surface area (Å²) in [4.78, 5) is 15.3. The zero-order chi connectivity index (χ0) is 30.2. The van der Waals surface area contributed by atoms with Crippen molar-refractivity contribution in [3.63, 3.8) is 0 Å². The van der Waals surface area contributed by atoms with E-state index in [4.69, 9.17) is 15.0 Å². The highest BCUT2D eigenvalue weighted by Gasteiger charge is 2.20. The number of thiophene rings is 1. The number of para-hydroxylation sites is 1. The fraction of sp³-hybridized carbons (Fsp3) is 0. The van der Waals surface area contributed by atoms with E-state index in [9.17, 15) is 0 Å². The highest BCUT2D eigenvalue weighted by Crippen LogP contribution is 2.43. The van der Waals surface area contributed by atoms with Crippen LogP contribution >= 0.6 is 11.3 Å². The maximum atomic E-state index is 5.15. The van der Waals surface area contributed by atoms with Crippen molar-refractivity contribution in [3.05, 3.63) is 146 Å². The van der Waals surface area contributed by atoms with Gasteiger partial charge in [-0.05, 0) is 22.9 Å². The first-order valence-electron chi connectivity index (χ1n) is 15.4. The smallest absolute Gasteiger partial charge is 0.238 e. The third-order valence-electron chi connectivity index (χ3n) is 9.06. The van der Waals surface area contributed by atoms with Crippen molar-refractivity contribution >= 4 is 74.9 Å². The van der Waals surface area contributed by atoms with Crippen LogP contribution in [-0.4, -0.2) is 19.5 Å². The van der Waals surface area contributed by atoms with Gasteiger partial charge in [-0.25, -0.2) is 4.98 Å². The van der Waals surface area contributed by atoms with Crippen LogP contribution in [0.5, 0.6) is 0 Å². The highest BCUT2D eigenvalue weighted by atomic mass is 32.1. The lowest BCUT2D eigenvalue weighted by atomic mass is 9.98. The maximum absolute atomic E-state index is 5.15. The standard InChI is InChI=1S/C41H24N4S/c1-3-11-25(12-4-1)39-42-40(26-13-5-2-6-14-26)44-41(43-39)45-35-17-9-7-15-29(35)32-21-19-27-28-20-23-34-30-16-8-10-18-36(30)46-38(34)33(28)24-22-31(27)37(32)45/h1-24H. The average molecular weight is 605 g/mol. The summed E-state index contributed by atoms with van der Waals surface area (Å²) < 4.78 is 4.88. The molecule has 0 saturated heterocycles. The predicted molar refractivity (Wildman–Crippen MR) is 193 cm³/mol. The van der Waals surface area contributed by atoms with Crippen LogP contribution in [0.4, 0.5) is 0 Å². The van der Waals surface area contributed by atoms with Gasteiger partial charge in [0.05, 0.1) is 11.0 Å². The van der Waals surface area contributed by atoms with Gasteiger partial charge in [-0.1, -0.05) is 133 Å². The van der Waals surface area contributed by atoms with Crippen LogP contribution in [0.3, 0.4) is 0 Å². The molecule has 3 aromatic heterocycles. The van der Waals surface area contributed by atoms with Crippen molar-refractivity contribution in [1.82, 2.24) is 19.5 Å². The molecule has 0 bridgehead atoms. The Labute approximate surface area is 267 Å². The first-order valence-corrected chi connectivity index (χ1v) is 16.2. The topological polar surface area (TPSA) is 43.6 Å². The zero-order valence-electron chi connectivity index (χ0n) is 24.6. The van der Waals surface area contributed by atoms with Crippen LogP contribution in [0.25, 0.3) is 92.2 Å². The van der Waals surface area contributed by atoms with Gasteiger partial charge < -0.3 is 0 Å². The lowest BCUT2D eigenvalue weighted by Crippen LogP contribution is -2.06. The Morgan fingerprint density at radius 2 is 0.891 bits per heavy atom. The van der Waals surface area contributed by atoms with E-state index >= 15 is 0 Å². The molecule has 0 atom stereocenters. The molecule has 0 amide bonds. The molecule has 0 aliphatic heterocycles. The van der Waals surface area contributed by atoms with E-state index < -0.39 is 0 Å². The van der Waals surface area contributed by atoms with E-state index in [-0.39, 0.29) is 0 Å². The van der Waals surface area contributed by atoms with Crippen LogP contribution in [0.15, 0.2) is 146 Å². The molecular formula is C41H24N4S. The van der Waals surface area contributed by atoms with Crippen molar-refractivity contribution in [1.29, 1.82) is 0 Å². The summed E-state index contributed by atoms with van der Waals surface area (Å²) in [6, 6.07) is 51.3.